The van der Waals surface area contributed by atoms with Crippen molar-refractivity contribution in [2.75, 3.05) is 11.9 Å². The van der Waals surface area contributed by atoms with Crippen LogP contribution in [0.1, 0.15) is 55.4 Å². The third kappa shape index (κ3) is 6.09. The number of esters is 1. The van der Waals surface area contributed by atoms with Crippen LogP contribution >= 0.6 is 11.3 Å². The highest BCUT2D eigenvalue weighted by Gasteiger charge is 2.27. The van der Waals surface area contributed by atoms with Gasteiger partial charge in [-0.25, -0.2) is 4.79 Å². The van der Waals surface area contributed by atoms with Crippen LogP contribution in [0.4, 0.5) is 10.7 Å². The summed E-state index contributed by atoms with van der Waals surface area (Å²) in [6, 6.07) is 13.5. The van der Waals surface area contributed by atoms with E-state index >= 15 is 0 Å². The zero-order valence-corrected chi connectivity index (χ0v) is 22.0. The Morgan fingerprint density at radius 2 is 1.69 bits per heavy atom. The average molecular weight is 511 g/mol. The second-order valence-corrected chi connectivity index (χ2v) is 10.5. The monoisotopic (exact) mass is 510 g/mol. The highest BCUT2D eigenvalue weighted by Crippen LogP contribution is 2.41. The summed E-state index contributed by atoms with van der Waals surface area (Å²) in [6.07, 6.45) is -0.828. The third-order valence-electron chi connectivity index (χ3n) is 5.57. The van der Waals surface area contributed by atoms with Gasteiger partial charge in [0.15, 0.2) is 6.10 Å². The minimum Gasteiger partial charge on any atom is -0.481 e. The minimum absolute atomic E-state index is 0.00340. The number of nitro groups is 1. The lowest BCUT2D eigenvalue weighted by molar-refractivity contribution is -0.384. The number of thiophene rings is 1. The Bertz CT molecular complexity index is 1260. The van der Waals surface area contributed by atoms with E-state index in [1.54, 1.807) is 26.0 Å². The average Bonchev–Trinajstić information content (AvgIpc) is 3.14. The van der Waals surface area contributed by atoms with Crippen LogP contribution in [0.15, 0.2) is 48.5 Å². The van der Waals surface area contributed by atoms with E-state index in [-0.39, 0.29) is 23.3 Å². The first-order valence-corrected chi connectivity index (χ1v) is 12.4. The van der Waals surface area contributed by atoms with Gasteiger partial charge in [-0.15, -0.1) is 11.3 Å². The fourth-order valence-electron chi connectivity index (χ4n) is 3.63. The lowest BCUT2D eigenvalue weighted by Gasteiger charge is -2.20. The number of hydrogen-bond acceptors (Lipinski definition) is 7. The summed E-state index contributed by atoms with van der Waals surface area (Å²) in [7, 11) is 0. The molecule has 0 saturated carbocycles. The molecule has 1 amide bonds. The summed E-state index contributed by atoms with van der Waals surface area (Å²) in [5.74, 6) is -0.445. The number of nitrogens with one attached hydrogen (secondary N) is 1. The largest absolute Gasteiger partial charge is 0.481 e. The van der Waals surface area contributed by atoms with Gasteiger partial charge < -0.3 is 14.8 Å². The first kappa shape index (κ1) is 26.9. The van der Waals surface area contributed by atoms with Crippen LogP contribution in [0.5, 0.6) is 5.75 Å². The molecular weight excluding hydrogens is 480 g/mol. The topological polar surface area (TPSA) is 108 Å². The maximum atomic E-state index is 13.0. The molecule has 0 aliphatic carbocycles. The Hall–Kier alpha value is -3.72. The fourth-order valence-corrected chi connectivity index (χ4v) is 4.70. The standard InChI is InChI=1S/C27H30N2O6S/c1-7-34-26(31)23-22(18-8-12-20(13-9-18)29(32)33)17(3)36-25(23)28-24(30)16(2)35-21-14-10-19(11-15-21)27(4,5)6/h8-16H,7H2,1-6H3,(H,28,30). The molecule has 0 radical (unpaired) electrons. The van der Waals surface area contributed by atoms with E-state index in [9.17, 15) is 19.7 Å². The SMILES string of the molecule is CCOC(=O)c1c(NC(=O)C(C)Oc2ccc(C(C)(C)C)cc2)sc(C)c1-c1ccc([N+](=O)[O-])cc1. The van der Waals surface area contributed by atoms with Crippen LogP contribution in [-0.2, 0) is 14.9 Å². The molecule has 0 saturated heterocycles. The molecule has 0 aliphatic rings. The molecule has 0 spiro atoms. The Kier molecular flexibility index (Phi) is 8.14. The van der Waals surface area contributed by atoms with E-state index in [2.05, 4.69) is 26.1 Å². The number of anilines is 1. The summed E-state index contributed by atoms with van der Waals surface area (Å²) < 4.78 is 11.1. The van der Waals surface area contributed by atoms with Crippen molar-refractivity contribution in [1.82, 2.24) is 0 Å². The quantitative estimate of drug-likeness (QED) is 0.210. The van der Waals surface area contributed by atoms with Gasteiger partial charge in [-0.3, -0.25) is 14.9 Å². The summed E-state index contributed by atoms with van der Waals surface area (Å²) in [4.78, 5) is 37.2. The molecule has 1 atom stereocenters. The Morgan fingerprint density at radius 1 is 1.08 bits per heavy atom. The van der Waals surface area contributed by atoms with Crippen LogP contribution in [-0.4, -0.2) is 29.5 Å². The van der Waals surface area contributed by atoms with Gasteiger partial charge in [0.2, 0.25) is 0 Å². The van der Waals surface area contributed by atoms with Crippen LogP contribution in [0, 0.1) is 17.0 Å². The molecule has 36 heavy (non-hydrogen) atoms. The number of carbonyl (C=O) groups excluding carboxylic acids is 2. The van der Waals surface area contributed by atoms with Crippen molar-refractivity contribution in [3.63, 3.8) is 0 Å². The lowest BCUT2D eigenvalue weighted by Crippen LogP contribution is -2.30. The summed E-state index contributed by atoms with van der Waals surface area (Å²) in [5.41, 5.74) is 2.49. The Labute approximate surface area is 214 Å². The third-order valence-corrected chi connectivity index (χ3v) is 6.59. The van der Waals surface area contributed by atoms with E-state index in [1.165, 1.54) is 23.5 Å². The van der Waals surface area contributed by atoms with Gasteiger partial charge in [0, 0.05) is 22.6 Å². The molecule has 190 valence electrons. The van der Waals surface area contributed by atoms with Gasteiger partial charge >= 0.3 is 5.97 Å². The number of carbonyl (C=O) groups is 2. The number of nitro benzene ring substituents is 1. The maximum Gasteiger partial charge on any atom is 0.341 e. The molecular formula is C27H30N2O6S. The predicted molar refractivity (Wildman–Crippen MR) is 141 cm³/mol. The van der Waals surface area contributed by atoms with E-state index in [0.717, 1.165) is 10.4 Å². The van der Waals surface area contributed by atoms with Gasteiger partial charge in [0.1, 0.15) is 16.3 Å². The van der Waals surface area contributed by atoms with Crippen molar-refractivity contribution in [1.29, 1.82) is 0 Å². The Balaban J connectivity index is 1.87. The van der Waals surface area contributed by atoms with Crippen molar-refractivity contribution >= 4 is 33.9 Å². The van der Waals surface area contributed by atoms with Crippen molar-refractivity contribution in [2.45, 2.75) is 53.1 Å². The molecule has 1 unspecified atom stereocenters. The van der Waals surface area contributed by atoms with E-state index < -0.39 is 22.9 Å². The first-order chi connectivity index (χ1) is 16.9. The van der Waals surface area contributed by atoms with Crippen LogP contribution < -0.4 is 10.1 Å². The second-order valence-electron chi connectivity index (χ2n) is 9.29. The molecule has 0 bridgehead atoms. The zero-order chi connectivity index (χ0) is 26.6. The molecule has 1 aromatic heterocycles. The van der Waals surface area contributed by atoms with Crippen LogP contribution in [0.25, 0.3) is 11.1 Å². The smallest absolute Gasteiger partial charge is 0.341 e. The Morgan fingerprint density at radius 3 is 2.22 bits per heavy atom. The number of nitrogens with zero attached hydrogens (tertiary/aromatic N) is 1. The molecule has 8 nitrogen and oxygen atoms in total. The first-order valence-electron chi connectivity index (χ1n) is 11.6. The zero-order valence-electron chi connectivity index (χ0n) is 21.2. The van der Waals surface area contributed by atoms with Gasteiger partial charge in [-0.1, -0.05) is 32.9 Å². The second kappa shape index (κ2) is 10.9. The molecule has 0 fully saturated rings. The molecule has 0 aliphatic heterocycles. The van der Waals surface area contributed by atoms with Gasteiger partial charge in [0.05, 0.1) is 11.5 Å². The van der Waals surface area contributed by atoms with Gasteiger partial charge in [-0.05, 0) is 61.6 Å². The molecule has 1 N–H and O–H groups in total. The van der Waals surface area contributed by atoms with Crippen molar-refractivity contribution in [2.24, 2.45) is 0 Å². The maximum absolute atomic E-state index is 13.0. The predicted octanol–water partition coefficient (Wildman–Crippen LogP) is 6.51. The van der Waals surface area contributed by atoms with E-state index in [0.29, 0.717) is 21.9 Å². The fraction of sp³-hybridized carbons (Fsp3) is 0.333. The van der Waals surface area contributed by atoms with Gasteiger partial charge in [0.25, 0.3) is 11.6 Å². The van der Waals surface area contributed by atoms with Gasteiger partial charge in [-0.2, -0.15) is 0 Å². The number of benzene rings is 2. The molecule has 2 aromatic carbocycles. The molecule has 3 rings (SSSR count). The minimum atomic E-state index is -0.828. The highest BCUT2D eigenvalue weighted by molar-refractivity contribution is 7.17. The van der Waals surface area contributed by atoms with Crippen molar-refractivity contribution in [3.05, 3.63) is 74.6 Å². The van der Waals surface area contributed by atoms with Crippen LogP contribution in [0.3, 0.4) is 0 Å². The summed E-state index contributed by atoms with van der Waals surface area (Å²) in [5, 5.41) is 14.2. The number of rotatable bonds is 8. The number of non-ortho nitro benzene ring substituents is 1. The molecule has 1 heterocycles. The number of hydrogen-bond donors (Lipinski definition) is 1. The van der Waals surface area contributed by atoms with Crippen molar-refractivity contribution in [3.8, 4) is 16.9 Å². The van der Waals surface area contributed by atoms with Crippen LogP contribution in [0.2, 0.25) is 0 Å². The summed E-state index contributed by atoms with van der Waals surface area (Å²) >= 11 is 1.24. The summed E-state index contributed by atoms with van der Waals surface area (Å²) in [6.45, 7) is 11.7. The van der Waals surface area contributed by atoms with E-state index in [1.807, 2.05) is 31.2 Å². The highest BCUT2D eigenvalue weighted by atomic mass is 32.1. The molecule has 3 aromatic rings. The number of ether oxygens (including phenoxy) is 2. The number of amides is 1. The normalized spacial score (nSPS) is 12.1. The molecule has 9 heteroatoms. The number of aryl methyl sites for hydroxylation is 1. The lowest BCUT2D eigenvalue weighted by atomic mass is 9.87. The van der Waals surface area contributed by atoms with Crippen molar-refractivity contribution < 1.29 is 24.0 Å². The van der Waals surface area contributed by atoms with E-state index in [4.69, 9.17) is 9.47 Å².